The number of ketones is 1. The summed E-state index contributed by atoms with van der Waals surface area (Å²) in [5.74, 6) is 1.07. The highest BCUT2D eigenvalue weighted by Gasteiger charge is 2.13. The number of H-pyrrole nitrogens is 1. The van der Waals surface area contributed by atoms with E-state index >= 15 is 0 Å². The van der Waals surface area contributed by atoms with Gasteiger partial charge in [-0.3, -0.25) is 4.79 Å². The number of carbonyl (C=O) groups excluding carboxylic acids is 1. The molecule has 5 heteroatoms. The maximum absolute atomic E-state index is 11.2. The summed E-state index contributed by atoms with van der Waals surface area (Å²) in [6.45, 7) is 3.73. The van der Waals surface area contributed by atoms with Crippen molar-refractivity contribution in [2.75, 3.05) is 18.0 Å². The first kappa shape index (κ1) is 15.6. The standard InChI is InChI=1S/C20H20N4O/c1-14(25)4-5-16-12-22-20-18(16)10-17(13-23-20)15-6-7-19(21-11-15)24-8-2-3-9-24/h4-7,10-13H,2-3,8-9H2,1H3,(H,22,23)/b5-4+. The molecule has 1 N–H and O–H groups in total. The van der Waals surface area contributed by atoms with Crippen molar-refractivity contribution in [3.05, 3.63) is 48.4 Å². The maximum atomic E-state index is 11.2. The normalized spacial score (nSPS) is 14.7. The van der Waals surface area contributed by atoms with Crippen molar-refractivity contribution in [1.82, 2.24) is 15.0 Å². The van der Waals surface area contributed by atoms with Gasteiger partial charge in [-0.1, -0.05) is 0 Å². The molecule has 0 amide bonds. The molecule has 0 aliphatic carbocycles. The summed E-state index contributed by atoms with van der Waals surface area (Å²) in [5, 5.41) is 0.999. The number of rotatable bonds is 4. The van der Waals surface area contributed by atoms with E-state index in [1.165, 1.54) is 12.8 Å². The summed E-state index contributed by atoms with van der Waals surface area (Å²) in [7, 11) is 0. The lowest BCUT2D eigenvalue weighted by molar-refractivity contribution is -0.112. The van der Waals surface area contributed by atoms with Gasteiger partial charge in [-0.25, -0.2) is 9.97 Å². The van der Waals surface area contributed by atoms with E-state index in [1.807, 2.05) is 24.7 Å². The molecule has 0 bridgehead atoms. The van der Waals surface area contributed by atoms with Crippen molar-refractivity contribution in [3.63, 3.8) is 0 Å². The van der Waals surface area contributed by atoms with Crippen LogP contribution in [0.1, 0.15) is 25.3 Å². The summed E-state index contributed by atoms with van der Waals surface area (Å²) >= 11 is 0. The molecule has 3 aromatic rings. The van der Waals surface area contributed by atoms with E-state index in [4.69, 9.17) is 0 Å². The molecule has 0 spiro atoms. The number of hydrogen-bond acceptors (Lipinski definition) is 4. The van der Waals surface area contributed by atoms with Crippen molar-refractivity contribution in [1.29, 1.82) is 0 Å². The number of fused-ring (bicyclic) bond motifs is 1. The number of aromatic amines is 1. The van der Waals surface area contributed by atoms with Crippen molar-refractivity contribution in [3.8, 4) is 11.1 Å². The van der Waals surface area contributed by atoms with Crippen LogP contribution in [0.3, 0.4) is 0 Å². The van der Waals surface area contributed by atoms with E-state index in [9.17, 15) is 4.79 Å². The van der Waals surface area contributed by atoms with E-state index in [-0.39, 0.29) is 5.78 Å². The van der Waals surface area contributed by atoms with Gasteiger partial charge < -0.3 is 9.88 Å². The average molecular weight is 332 g/mol. The number of nitrogens with zero attached hydrogens (tertiary/aromatic N) is 3. The molecule has 0 unspecified atom stereocenters. The summed E-state index contributed by atoms with van der Waals surface area (Å²) in [4.78, 5) is 25.8. The van der Waals surface area contributed by atoms with Crippen LogP contribution in [0.4, 0.5) is 5.82 Å². The topological polar surface area (TPSA) is 61.9 Å². The molecule has 1 saturated heterocycles. The SMILES string of the molecule is CC(=O)/C=C/c1c[nH]c2ncc(-c3ccc(N4CCCC4)nc3)cc12. The maximum Gasteiger partial charge on any atom is 0.152 e. The zero-order valence-corrected chi connectivity index (χ0v) is 14.2. The molecular weight excluding hydrogens is 312 g/mol. The molecular formula is C20H20N4O. The Morgan fingerprint density at radius 3 is 2.68 bits per heavy atom. The molecule has 0 saturated carbocycles. The summed E-state index contributed by atoms with van der Waals surface area (Å²) in [6, 6.07) is 6.27. The number of anilines is 1. The van der Waals surface area contributed by atoms with Gasteiger partial charge in [0.25, 0.3) is 0 Å². The number of pyridine rings is 2. The van der Waals surface area contributed by atoms with Gasteiger partial charge in [0.2, 0.25) is 0 Å². The Morgan fingerprint density at radius 1 is 1.16 bits per heavy atom. The van der Waals surface area contributed by atoms with Crippen LogP contribution in [0.25, 0.3) is 28.2 Å². The van der Waals surface area contributed by atoms with Gasteiger partial charge in [0.05, 0.1) is 0 Å². The Balaban J connectivity index is 1.66. The van der Waals surface area contributed by atoms with E-state index in [0.717, 1.165) is 46.6 Å². The highest BCUT2D eigenvalue weighted by molar-refractivity contribution is 5.96. The minimum atomic E-state index is 0.0279. The van der Waals surface area contributed by atoms with Gasteiger partial charge in [0, 0.05) is 53.8 Å². The van der Waals surface area contributed by atoms with E-state index in [2.05, 4.69) is 38.1 Å². The Kier molecular flexibility index (Phi) is 4.06. The van der Waals surface area contributed by atoms with Crippen molar-refractivity contribution in [2.24, 2.45) is 0 Å². The second-order valence-electron chi connectivity index (χ2n) is 6.41. The largest absolute Gasteiger partial charge is 0.357 e. The van der Waals surface area contributed by atoms with Crippen LogP contribution in [0.5, 0.6) is 0 Å². The van der Waals surface area contributed by atoms with Crippen LogP contribution in [-0.2, 0) is 4.79 Å². The zero-order valence-electron chi connectivity index (χ0n) is 14.2. The third kappa shape index (κ3) is 3.18. The fraction of sp³-hybridized carbons (Fsp3) is 0.250. The molecule has 0 radical (unpaired) electrons. The first-order valence-corrected chi connectivity index (χ1v) is 8.58. The van der Waals surface area contributed by atoms with Crippen LogP contribution in [0.2, 0.25) is 0 Å². The van der Waals surface area contributed by atoms with Crippen LogP contribution in [-0.4, -0.2) is 33.8 Å². The monoisotopic (exact) mass is 332 g/mol. The van der Waals surface area contributed by atoms with Crippen molar-refractivity contribution >= 4 is 28.7 Å². The highest BCUT2D eigenvalue weighted by Crippen LogP contribution is 2.26. The first-order valence-electron chi connectivity index (χ1n) is 8.58. The third-order valence-corrected chi connectivity index (χ3v) is 4.57. The number of nitrogens with one attached hydrogen (secondary N) is 1. The number of carbonyl (C=O) groups is 1. The van der Waals surface area contributed by atoms with Gasteiger partial charge in [-0.2, -0.15) is 0 Å². The second-order valence-corrected chi connectivity index (χ2v) is 6.41. The molecule has 126 valence electrons. The summed E-state index contributed by atoms with van der Waals surface area (Å²) < 4.78 is 0. The quantitative estimate of drug-likeness (QED) is 0.738. The summed E-state index contributed by atoms with van der Waals surface area (Å²) in [5.41, 5.74) is 3.83. The van der Waals surface area contributed by atoms with Crippen LogP contribution < -0.4 is 4.90 Å². The lowest BCUT2D eigenvalue weighted by atomic mass is 10.1. The molecule has 4 heterocycles. The molecule has 1 aliphatic heterocycles. The van der Waals surface area contributed by atoms with Gasteiger partial charge in [0.1, 0.15) is 11.5 Å². The van der Waals surface area contributed by atoms with Crippen molar-refractivity contribution < 1.29 is 4.79 Å². The minimum absolute atomic E-state index is 0.0279. The lowest BCUT2D eigenvalue weighted by Gasteiger charge is -2.16. The van der Waals surface area contributed by atoms with Crippen LogP contribution in [0.15, 0.2) is 42.9 Å². The van der Waals surface area contributed by atoms with Gasteiger partial charge >= 0.3 is 0 Å². The van der Waals surface area contributed by atoms with E-state index in [0.29, 0.717) is 0 Å². The average Bonchev–Trinajstić information content (AvgIpc) is 3.29. The Morgan fingerprint density at radius 2 is 1.96 bits per heavy atom. The predicted octanol–water partition coefficient (Wildman–Crippen LogP) is 3.83. The number of hydrogen-bond donors (Lipinski definition) is 1. The highest BCUT2D eigenvalue weighted by atomic mass is 16.1. The fourth-order valence-electron chi connectivity index (χ4n) is 3.22. The van der Waals surface area contributed by atoms with Crippen molar-refractivity contribution in [2.45, 2.75) is 19.8 Å². The molecule has 0 aromatic carbocycles. The Bertz CT molecular complexity index is 934. The Labute approximate surface area is 146 Å². The molecule has 5 nitrogen and oxygen atoms in total. The molecule has 4 rings (SSSR count). The van der Waals surface area contributed by atoms with E-state index < -0.39 is 0 Å². The lowest BCUT2D eigenvalue weighted by Crippen LogP contribution is -2.18. The molecule has 1 aliphatic rings. The molecule has 1 fully saturated rings. The first-order chi connectivity index (χ1) is 12.2. The fourth-order valence-corrected chi connectivity index (χ4v) is 3.22. The molecule has 0 atom stereocenters. The van der Waals surface area contributed by atoms with Gasteiger partial charge in [-0.05, 0) is 50.1 Å². The van der Waals surface area contributed by atoms with E-state index in [1.54, 1.807) is 13.0 Å². The van der Waals surface area contributed by atoms with Crippen LogP contribution >= 0.6 is 0 Å². The minimum Gasteiger partial charge on any atom is -0.357 e. The predicted molar refractivity (Wildman–Crippen MR) is 100 cm³/mol. The van der Waals surface area contributed by atoms with Crippen LogP contribution in [0, 0.1) is 0 Å². The molecule has 25 heavy (non-hydrogen) atoms. The van der Waals surface area contributed by atoms with Gasteiger partial charge in [-0.15, -0.1) is 0 Å². The smallest absolute Gasteiger partial charge is 0.152 e. The molecule has 3 aromatic heterocycles. The Hall–Kier alpha value is -2.95. The number of allylic oxidation sites excluding steroid dienone is 1. The number of aromatic nitrogens is 3. The summed E-state index contributed by atoms with van der Waals surface area (Å²) in [6.07, 6.45) is 11.5. The van der Waals surface area contributed by atoms with Gasteiger partial charge in [0.15, 0.2) is 5.78 Å². The zero-order chi connectivity index (χ0) is 17.2. The third-order valence-electron chi connectivity index (χ3n) is 4.57. The second kappa shape index (κ2) is 6.51.